The fourth-order valence-corrected chi connectivity index (χ4v) is 6.59. The molecule has 0 spiro atoms. The molecule has 0 aromatic rings. The molecule has 0 aromatic heterocycles. The van der Waals surface area contributed by atoms with E-state index in [0.717, 1.165) is 70.7 Å². The van der Waals surface area contributed by atoms with Crippen molar-refractivity contribution in [3.8, 4) is 0 Å². The van der Waals surface area contributed by atoms with Crippen LogP contribution in [-0.2, 0) is 14.3 Å². The smallest absolute Gasteiger partial charge is 0.223 e. The molecule has 8 unspecified atom stereocenters. The van der Waals surface area contributed by atoms with Crippen LogP contribution in [0.2, 0.25) is 0 Å². The van der Waals surface area contributed by atoms with E-state index in [0.29, 0.717) is 37.1 Å². The van der Waals surface area contributed by atoms with Crippen LogP contribution in [0, 0.1) is 23.7 Å². The normalized spacial score (nSPS) is 38.6. The van der Waals surface area contributed by atoms with Crippen LogP contribution in [0.4, 0.5) is 4.39 Å². The van der Waals surface area contributed by atoms with E-state index in [1.807, 2.05) is 0 Å². The van der Waals surface area contributed by atoms with Crippen LogP contribution >= 0.6 is 0 Å². The second kappa shape index (κ2) is 12.5. The number of methoxy groups -OCH3 is 2. The Morgan fingerprint density at radius 1 is 1.06 bits per heavy atom. The molecule has 4 rings (SSSR count). The van der Waals surface area contributed by atoms with Crippen molar-refractivity contribution in [3.63, 3.8) is 0 Å². The van der Waals surface area contributed by atoms with E-state index >= 15 is 0 Å². The van der Waals surface area contributed by atoms with Gasteiger partial charge in [0.25, 0.3) is 0 Å². The Bertz CT molecular complexity index is 695. The lowest BCUT2D eigenvalue weighted by molar-refractivity contribution is -0.128. The van der Waals surface area contributed by atoms with Gasteiger partial charge in [-0.1, -0.05) is 0 Å². The number of guanidine groups is 1. The highest BCUT2D eigenvalue weighted by Gasteiger charge is 2.42. The molecule has 0 radical (unpaired) electrons. The molecule has 9 heteroatoms. The predicted octanol–water partition coefficient (Wildman–Crippen LogP) is 1.60. The Hall–Kier alpha value is -1.45. The summed E-state index contributed by atoms with van der Waals surface area (Å²) in [4.78, 5) is 17.8. The molecule has 1 amide bonds. The number of nitrogens with zero attached hydrogens (tertiary/aromatic N) is 1. The maximum atomic E-state index is 14.1. The minimum absolute atomic E-state index is 0.0218. The summed E-state index contributed by atoms with van der Waals surface area (Å²) in [5.74, 6) is 2.07. The van der Waals surface area contributed by atoms with E-state index in [4.69, 9.17) is 9.47 Å². The van der Waals surface area contributed by atoms with E-state index < -0.39 is 6.17 Å². The largest absolute Gasteiger partial charge is 0.381 e. The van der Waals surface area contributed by atoms with Crippen molar-refractivity contribution in [1.82, 2.24) is 21.3 Å². The van der Waals surface area contributed by atoms with E-state index in [1.165, 1.54) is 0 Å². The molecule has 0 bridgehead atoms. The first kappa shape index (κ1) is 25.6. The van der Waals surface area contributed by atoms with E-state index in [-0.39, 0.29) is 30.1 Å². The van der Waals surface area contributed by atoms with Crippen LogP contribution in [0.1, 0.15) is 51.4 Å². The molecular formula is C25H44FN5O3. The van der Waals surface area contributed by atoms with E-state index in [1.54, 1.807) is 14.2 Å². The van der Waals surface area contributed by atoms with Crippen molar-refractivity contribution in [3.05, 3.63) is 0 Å². The lowest BCUT2D eigenvalue weighted by Crippen LogP contribution is -2.50. The van der Waals surface area contributed by atoms with E-state index in [9.17, 15) is 9.18 Å². The number of carbonyl (C=O) groups excluding carboxylic acids is 1. The van der Waals surface area contributed by atoms with Gasteiger partial charge in [-0.25, -0.2) is 4.39 Å². The number of carbonyl (C=O) groups is 1. The van der Waals surface area contributed by atoms with Crippen LogP contribution in [0.15, 0.2) is 4.99 Å². The standard InChI is InChI=1S/C25H44FN5O3/c1-33-21-5-6-27-20(13-21)15-30-24(32)18-10-16(14-31-25-28-7-8-29-25)9-17(11-18)22-4-3-19(26)12-23(22)34-2/h16-23,27H,3-15H2,1-2H3,(H,30,32)(H2,28,29,31). The van der Waals surface area contributed by atoms with Crippen molar-refractivity contribution < 1.29 is 18.7 Å². The van der Waals surface area contributed by atoms with Crippen molar-refractivity contribution >= 4 is 11.9 Å². The predicted molar refractivity (Wildman–Crippen MR) is 130 cm³/mol. The van der Waals surface area contributed by atoms with Gasteiger partial charge in [0.1, 0.15) is 6.17 Å². The van der Waals surface area contributed by atoms with Crippen molar-refractivity contribution in [2.75, 3.05) is 46.9 Å². The molecule has 2 aliphatic carbocycles. The summed E-state index contributed by atoms with van der Waals surface area (Å²) >= 11 is 0. The van der Waals surface area contributed by atoms with Crippen LogP contribution in [0.3, 0.4) is 0 Å². The van der Waals surface area contributed by atoms with Gasteiger partial charge in [-0.05, 0) is 69.2 Å². The lowest BCUT2D eigenvalue weighted by atomic mass is 9.65. The van der Waals surface area contributed by atoms with Gasteiger partial charge < -0.3 is 30.7 Å². The Balaban J connectivity index is 1.37. The molecule has 8 atom stereocenters. The minimum Gasteiger partial charge on any atom is -0.381 e. The first-order valence-corrected chi connectivity index (χ1v) is 13.3. The molecule has 194 valence electrons. The van der Waals surface area contributed by atoms with Gasteiger partial charge in [0.05, 0.1) is 18.8 Å². The Kier molecular flexibility index (Phi) is 9.42. The molecule has 0 aromatic carbocycles. The summed E-state index contributed by atoms with van der Waals surface area (Å²) in [5, 5.41) is 13.5. The molecule has 2 aliphatic heterocycles. The zero-order valence-corrected chi connectivity index (χ0v) is 20.9. The topological polar surface area (TPSA) is 96.0 Å². The third-order valence-electron chi connectivity index (χ3n) is 8.43. The Morgan fingerprint density at radius 3 is 2.71 bits per heavy atom. The number of hydrogen-bond acceptors (Lipinski definition) is 7. The molecule has 8 nitrogen and oxygen atoms in total. The van der Waals surface area contributed by atoms with Gasteiger partial charge in [-0.3, -0.25) is 9.79 Å². The average Bonchev–Trinajstić information content (AvgIpc) is 3.39. The number of aliphatic imine (C=N–C) groups is 1. The van der Waals surface area contributed by atoms with E-state index in [2.05, 4.69) is 26.3 Å². The zero-order chi connectivity index (χ0) is 23.9. The van der Waals surface area contributed by atoms with Crippen molar-refractivity contribution in [2.45, 2.75) is 75.8 Å². The summed E-state index contributed by atoms with van der Waals surface area (Å²) in [6.45, 7) is 4.05. The number of rotatable bonds is 8. The van der Waals surface area contributed by atoms with Crippen LogP contribution in [-0.4, -0.2) is 83.2 Å². The van der Waals surface area contributed by atoms with Gasteiger partial charge in [0, 0.05) is 52.2 Å². The molecule has 4 N–H and O–H groups in total. The summed E-state index contributed by atoms with van der Waals surface area (Å²) in [5.41, 5.74) is 0. The number of halogens is 1. The van der Waals surface area contributed by atoms with Gasteiger partial charge >= 0.3 is 0 Å². The summed E-state index contributed by atoms with van der Waals surface area (Å²) in [6, 6.07) is 0.253. The lowest BCUT2D eigenvalue weighted by Gasteiger charge is -2.43. The fraction of sp³-hybridized carbons (Fsp3) is 0.920. The first-order chi connectivity index (χ1) is 16.6. The Labute approximate surface area is 203 Å². The number of alkyl halides is 1. The number of hydrogen-bond donors (Lipinski definition) is 4. The fourth-order valence-electron chi connectivity index (χ4n) is 6.59. The maximum Gasteiger partial charge on any atom is 0.223 e. The van der Waals surface area contributed by atoms with Crippen LogP contribution in [0.5, 0.6) is 0 Å². The van der Waals surface area contributed by atoms with Gasteiger partial charge in [-0.2, -0.15) is 0 Å². The third kappa shape index (κ3) is 6.82. The quantitative estimate of drug-likeness (QED) is 0.421. The number of nitrogens with one attached hydrogen (secondary N) is 4. The highest BCUT2D eigenvalue weighted by molar-refractivity contribution is 5.81. The molecule has 2 heterocycles. The van der Waals surface area contributed by atoms with Crippen LogP contribution < -0.4 is 21.3 Å². The second-order valence-corrected chi connectivity index (χ2v) is 10.7. The summed E-state index contributed by atoms with van der Waals surface area (Å²) in [7, 11) is 3.47. The molecular weight excluding hydrogens is 437 g/mol. The number of piperidine rings is 1. The monoisotopic (exact) mass is 481 g/mol. The summed E-state index contributed by atoms with van der Waals surface area (Å²) in [6.07, 6.45) is 6.09. The highest BCUT2D eigenvalue weighted by atomic mass is 19.1. The Morgan fingerprint density at radius 2 is 1.94 bits per heavy atom. The summed E-state index contributed by atoms with van der Waals surface area (Å²) < 4.78 is 25.3. The SMILES string of the molecule is COC1CCNC(CNC(=O)C2CC(CNC3=NCCN3)CC(C3CCC(F)CC3OC)C2)C1. The first-order valence-electron chi connectivity index (χ1n) is 13.3. The zero-order valence-electron chi connectivity index (χ0n) is 20.9. The van der Waals surface area contributed by atoms with Gasteiger partial charge in [-0.15, -0.1) is 0 Å². The van der Waals surface area contributed by atoms with Gasteiger partial charge in [0.2, 0.25) is 5.91 Å². The van der Waals surface area contributed by atoms with Gasteiger partial charge in [0.15, 0.2) is 5.96 Å². The molecule has 4 aliphatic rings. The highest BCUT2D eigenvalue weighted by Crippen LogP contribution is 2.44. The van der Waals surface area contributed by atoms with Crippen molar-refractivity contribution in [1.29, 1.82) is 0 Å². The number of ether oxygens (including phenoxy) is 2. The molecule has 34 heavy (non-hydrogen) atoms. The number of amides is 1. The molecule has 1 saturated heterocycles. The maximum absolute atomic E-state index is 14.1. The average molecular weight is 482 g/mol. The van der Waals surface area contributed by atoms with Crippen LogP contribution in [0.25, 0.3) is 0 Å². The third-order valence-corrected chi connectivity index (χ3v) is 8.43. The molecule has 2 saturated carbocycles. The molecule has 3 fully saturated rings. The second-order valence-electron chi connectivity index (χ2n) is 10.7. The van der Waals surface area contributed by atoms with Crippen molar-refractivity contribution in [2.24, 2.45) is 28.7 Å². The minimum atomic E-state index is -0.772.